The van der Waals surface area contributed by atoms with Crippen LogP contribution in [0.5, 0.6) is 0 Å². The lowest BCUT2D eigenvalue weighted by Gasteiger charge is -2.22. The van der Waals surface area contributed by atoms with Gasteiger partial charge in [-0.25, -0.2) is 0 Å². The number of rotatable bonds is 5. The van der Waals surface area contributed by atoms with Crippen molar-refractivity contribution in [1.29, 1.82) is 10.5 Å². The Hall–Kier alpha value is -8.71. The van der Waals surface area contributed by atoms with Crippen molar-refractivity contribution < 1.29 is 65.9 Å². The van der Waals surface area contributed by atoms with E-state index in [4.69, 9.17) is 0 Å². The van der Waals surface area contributed by atoms with Crippen LogP contribution >= 0.6 is 0 Å². The second-order valence-corrected chi connectivity index (χ2v) is 17.2. The van der Waals surface area contributed by atoms with E-state index in [1.54, 1.807) is 54.6 Å². The molecule has 0 saturated carbocycles. The number of nitrogens with zero attached hydrogens (tertiary/aromatic N) is 4. The molecule has 10 aromatic rings. The SMILES string of the molecule is N#Cc1cc(-c2c(-n3c4ccccc4c4cc(-c5cc(C(F)(F)F)cc(C(F)(F)F)c5)ccc43)cc(C#N)cc2-n2c3ccccc3c3cc(-c4cc(C(F)(F)F)cc(C(F)(F)F)c4)ccc32)cc(C(F)(F)F)c1. The first-order valence-electron chi connectivity index (χ1n) is 21.6. The fourth-order valence-electron chi connectivity index (χ4n) is 9.39. The third kappa shape index (κ3) is 8.57. The Morgan fingerprint density at radius 3 is 0.986 bits per heavy atom. The van der Waals surface area contributed by atoms with Crippen molar-refractivity contribution in [1.82, 2.24) is 9.13 Å². The normalized spacial score (nSPS) is 12.8. The monoisotopic (exact) mass is 1030 g/mol. The summed E-state index contributed by atoms with van der Waals surface area (Å²) in [5.74, 6) is 0. The molecule has 10 rings (SSSR count). The van der Waals surface area contributed by atoms with Crippen molar-refractivity contribution in [2.75, 3.05) is 0 Å². The number of benzene rings is 8. The lowest BCUT2D eigenvalue weighted by atomic mass is 9.94. The molecule has 370 valence electrons. The van der Waals surface area contributed by atoms with Crippen LogP contribution in [-0.2, 0) is 30.9 Å². The molecule has 0 N–H and O–H groups in total. The van der Waals surface area contributed by atoms with Gasteiger partial charge in [-0.05, 0) is 131 Å². The van der Waals surface area contributed by atoms with Crippen LogP contribution in [0.25, 0.3) is 88.4 Å². The van der Waals surface area contributed by atoms with Crippen LogP contribution in [0.15, 0.2) is 152 Å². The standard InChI is InChI=1S/C55H25F15N4/c56-51(57,58)35-14-28(26-71)13-34(21-35)50-48(73-44-7-3-1-5-40(44)42-22-30(9-11-46(42)73)32-17-36(52(59,60)61)24-37(18-32)53(62,63)64)15-29(27-72)16-49(50)74-45-8-4-2-6-41(45)43-23-31(10-12-47(43)74)33-19-38(54(65,66)67)25-39(20-33)55(68,69)70/h1-25H. The average Bonchev–Trinajstić information content (AvgIpc) is 3.86. The molecule has 0 radical (unpaired) electrons. The summed E-state index contributed by atoms with van der Waals surface area (Å²) >= 11 is 0. The van der Waals surface area contributed by atoms with E-state index in [0.717, 1.165) is 6.07 Å². The van der Waals surface area contributed by atoms with Crippen LogP contribution < -0.4 is 0 Å². The maximum atomic E-state index is 14.8. The van der Waals surface area contributed by atoms with E-state index in [2.05, 4.69) is 6.07 Å². The maximum Gasteiger partial charge on any atom is 0.416 e. The first-order chi connectivity index (χ1) is 34.7. The van der Waals surface area contributed by atoms with Gasteiger partial charge >= 0.3 is 30.9 Å². The molecule has 0 unspecified atom stereocenters. The molecule has 2 heterocycles. The Balaban J connectivity index is 1.31. The van der Waals surface area contributed by atoms with Crippen LogP contribution in [0.2, 0.25) is 0 Å². The van der Waals surface area contributed by atoms with Crippen molar-refractivity contribution in [3.8, 4) is 56.9 Å². The largest absolute Gasteiger partial charge is 0.416 e. The van der Waals surface area contributed by atoms with Gasteiger partial charge < -0.3 is 9.13 Å². The van der Waals surface area contributed by atoms with Gasteiger partial charge in [0.25, 0.3) is 0 Å². The summed E-state index contributed by atoms with van der Waals surface area (Å²) in [6, 6.07) is 31.9. The summed E-state index contributed by atoms with van der Waals surface area (Å²) in [4.78, 5) is 0. The Morgan fingerprint density at radius 1 is 0.297 bits per heavy atom. The van der Waals surface area contributed by atoms with Gasteiger partial charge in [-0.1, -0.05) is 48.5 Å². The predicted octanol–water partition coefficient (Wildman–Crippen LogP) is 17.7. The highest BCUT2D eigenvalue weighted by Gasteiger charge is 2.39. The van der Waals surface area contributed by atoms with Crippen molar-refractivity contribution in [3.63, 3.8) is 0 Å². The molecule has 19 heteroatoms. The molecule has 0 atom stereocenters. The van der Waals surface area contributed by atoms with Crippen molar-refractivity contribution in [3.05, 3.63) is 191 Å². The van der Waals surface area contributed by atoms with Gasteiger partial charge in [-0.15, -0.1) is 0 Å². The fourth-order valence-corrected chi connectivity index (χ4v) is 9.39. The number of halogens is 15. The van der Waals surface area contributed by atoms with Crippen molar-refractivity contribution in [2.24, 2.45) is 0 Å². The van der Waals surface area contributed by atoms with Crippen LogP contribution in [0.3, 0.4) is 0 Å². The average molecular weight is 1030 g/mol. The van der Waals surface area contributed by atoms with Crippen LogP contribution in [0, 0.1) is 22.7 Å². The van der Waals surface area contributed by atoms with Crippen molar-refractivity contribution >= 4 is 43.6 Å². The lowest BCUT2D eigenvalue weighted by Crippen LogP contribution is -2.11. The predicted molar refractivity (Wildman–Crippen MR) is 246 cm³/mol. The Kier molecular flexibility index (Phi) is 11.2. The third-order valence-electron chi connectivity index (χ3n) is 12.6. The molecular formula is C55H25F15N4. The molecule has 4 nitrogen and oxygen atoms in total. The molecule has 0 aliphatic heterocycles. The first kappa shape index (κ1) is 48.9. The second-order valence-electron chi connectivity index (χ2n) is 17.2. The topological polar surface area (TPSA) is 57.4 Å². The van der Waals surface area contributed by atoms with Crippen LogP contribution in [0.4, 0.5) is 65.9 Å². The number of para-hydroxylation sites is 2. The minimum atomic E-state index is -5.17. The van der Waals surface area contributed by atoms with Crippen LogP contribution in [-0.4, -0.2) is 9.13 Å². The summed E-state index contributed by atoms with van der Waals surface area (Å²) in [5, 5.41) is 22.0. The molecule has 0 fully saturated rings. The van der Waals surface area contributed by atoms with E-state index >= 15 is 0 Å². The van der Waals surface area contributed by atoms with Gasteiger partial charge in [0.2, 0.25) is 0 Å². The summed E-state index contributed by atoms with van der Waals surface area (Å²) in [7, 11) is 0. The molecule has 0 aliphatic carbocycles. The summed E-state index contributed by atoms with van der Waals surface area (Å²) in [5.41, 5.74) is -8.46. The minimum absolute atomic E-state index is 0.00848. The molecule has 0 amide bonds. The van der Waals surface area contributed by atoms with Crippen LogP contribution in [0.1, 0.15) is 38.9 Å². The zero-order valence-corrected chi connectivity index (χ0v) is 36.9. The second kappa shape index (κ2) is 16.9. The smallest absolute Gasteiger partial charge is 0.308 e. The quantitative estimate of drug-likeness (QED) is 0.161. The summed E-state index contributed by atoms with van der Waals surface area (Å²) < 4.78 is 216. The number of nitriles is 2. The van der Waals surface area contributed by atoms with E-state index in [1.165, 1.54) is 63.7 Å². The lowest BCUT2D eigenvalue weighted by molar-refractivity contribution is -0.144. The highest BCUT2D eigenvalue weighted by atomic mass is 19.4. The van der Waals surface area contributed by atoms with E-state index in [0.29, 0.717) is 52.1 Å². The van der Waals surface area contributed by atoms with Gasteiger partial charge in [0.15, 0.2) is 0 Å². The Bertz CT molecular complexity index is 3760. The molecule has 0 aliphatic rings. The number of aromatic nitrogens is 2. The van der Waals surface area contributed by atoms with E-state index in [1.807, 2.05) is 0 Å². The molecule has 0 saturated heterocycles. The zero-order valence-electron chi connectivity index (χ0n) is 36.9. The molecule has 2 aromatic heterocycles. The Morgan fingerprint density at radius 2 is 0.622 bits per heavy atom. The first-order valence-corrected chi connectivity index (χ1v) is 21.6. The van der Waals surface area contributed by atoms with Gasteiger partial charge in [-0.3, -0.25) is 0 Å². The van der Waals surface area contributed by atoms with Crippen molar-refractivity contribution in [2.45, 2.75) is 30.9 Å². The maximum absolute atomic E-state index is 14.8. The third-order valence-corrected chi connectivity index (χ3v) is 12.6. The molecule has 8 aromatic carbocycles. The zero-order chi connectivity index (χ0) is 53.0. The summed E-state index contributed by atoms with van der Waals surface area (Å²) in [6.45, 7) is 0. The van der Waals surface area contributed by atoms with Gasteiger partial charge in [0.1, 0.15) is 0 Å². The van der Waals surface area contributed by atoms with Gasteiger partial charge in [0.05, 0.1) is 84.5 Å². The number of hydrogen-bond acceptors (Lipinski definition) is 2. The molecule has 74 heavy (non-hydrogen) atoms. The summed E-state index contributed by atoms with van der Waals surface area (Å²) in [6.07, 6.45) is -25.7. The van der Waals surface area contributed by atoms with E-state index in [-0.39, 0.29) is 73.1 Å². The highest BCUT2D eigenvalue weighted by molar-refractivity contribution is 6.13. The highest BCUT2D eigenvalue weighted by Crippen LogP contribution is 2.47. The number of fused-ring (bicyclic) bond motifs is 6. The molecular weight excluding hydrogens is 1000 g/mol. The van der Waals surface area contributed by atoms with Gasteiger partial charge in [-0.2, -0.15) is 76.4 Å². The minimum Gasteiger partial charge on any atom is -0.308 e. The van der Waals surface area contributed by atoms with E-state index < -0.39 is 75.4 Å². The molecule has 0 spiro atoms. The number of hydrogen-bond donors (Lipinski definition) is 0. The Labute approximate surface area is 406 Å². The van der Waals surface area contributed by atoms with E-state index in [9.17, 15) is 76.4 Å². The fraction of sp³-hybridized carbons (Fsp3) is 0.0909. The van der Waals surface area contributed by atoms with Gasteiger partial charge in [0, 0.05) is 27.1 Å². The molecule has 0 bridgehead atoms. The number of alkyl halides is 15.